The highest BCUT2D eigenvalue weighted by Gasteiger charge is 2.37. The van der Waals surface area contributed by atoms with Crippen LogP contribution in [-0.4, -0.2) is 38.4 Å². The number of likely N-dealkylation sites (N-methyl/N-ethyl adjacent to an activating group) is 1. The van der Waals surface area contributed by atoms with E-state index in [1.165, 1.54) is 18.6 Å². The topological polar surface area (TPSA) is 42.7 Å². The highest BCUT2D eigenvalue weighted by atomic mass is 32.2. The maximum Gasteiger partial charge on any atom is 0.138 e. The van der Waals surface area contributed by atoms with Crippen molar-refractivity contribution >= 4 is 11.8 Å². The van der Waals surface area contributed by atoms with Gasteiger partial charge in [0.25, 0.3) is 0 Å². The van der Waals surface area contributed by atoms with Crippen LogP contribution in [0.15, 0.2) is 6.33 Å². The van der Waals surface area contributed by atoms with Gasteiger partial charge in [-0.15, -0.1) is 0 Å². The first-order valence-corrected chi connectivity index (χ1v) is 7.36. The number of hydrogen-bond donors (Lipinski definition) is 1. The van der Waals surface area contributed by atoms with Gasteiger partial charge >= 0.3 is 0 Å². The fourth-order valence-electron chi connectivity index (χ4n) is 2.59. The lowest BCUT2D eigenvalue weighted by atomic mass is 9.93. The van der Waals surface area contributed by atoms with Crippen LogP contribution in [0, 0.1) is 0 Å². The molecule has 1 aliphatic rings. The van der Waals surface area contributed by atoms with Crippen LogP contribution in [0.25, 0.3) is 0 Å². The molecule has 0 saturated carbocycles. The van der Waals surface area contributed by atoms with Gasteiger partial charge in [0.1, 0.15) is 12.2 Å². The van der Waals surface area contributed by atoms with Gasteiger partial charge in [-0.25, -0.2) is 4.98 Å². The van der Waals surface area contributed by atoms with E-state index in [4.69, 9.17) is 0 Å². The maximum absolute atomic E-state index is 4.38. The number of hydrogen-bond acceptors (Lipinski definition) is 4. The Balaban J connectivity index is 2.09. The Hall–Kier alpha value is -0.550. The number of rotatable bonds is 5. The Kier molecular flexibility index (Phi) is 4.09. The third kappa shape index (κ3) is 2.65. The predicted molar refractivity (Wildman–Crippen MR) is 72.3 cm³/mol. The molecule has 1 saturated heterocycles. The second-order valence-corrected chi connectivity index (χ2v) is 6.43. The maximum atomic E-state index is 4.38. The Morgan fingerprint density at radius 2 is 2.47 bits per heavy atom. The van der Waals surface area contributed by atoms with Gasteiger partial charge in [-0.3, -0.25) is 4.68 Å². The summed E-state index contributed by atoms with van der Waals surface area (Å²) in [5.41, 5.74) is 0. The second-order valence-electron chi connectivity index (χ2n) is 4.80. The zero-order chi connectivity index (χ0) is 12.3. The molecule has 0 aromatic carbocycles. The van der Waals surface area contributed by atoms with Gasteiger partial charge in [-0.2, -0.15) is 16.9 Å². The summed E-state index contributed by atoms with van der Waals surface area (Å²) in [4.78, 5) is 4.38. The lowest BCUT2D eigenvalue weighted by Crippen LogP contribution is -2.45. The van der Waals surface area contributed by atoms with Gasteiger partial charge in [0, 0.05) is 23.8 Å². The number of aromatic nitrogens is 3. The largest absolute Gasteiger partial charge is 0.315 e. The predicted octanol–water partition coefficient (Wildman–Crippen LogP) is 1.71. The van der Waals surface area contributed by atoms with Crippen LogP contribution in [0.2, 0.25) is 0 Å². The van der Waals surface area contributed by atoms with E-state index in [0.717, 1.165) is 18.8 Å². The van der Waals surface area contributed by atoms with Crippen LogP contribution >= 0.6 is 11.8 Å². The Bertz CT molecular complexity index is 357. The average Bonchev–Trinajstić information content (AvgIpc) is 2.95. The van der Waals surface area contributed by atoms with Gasteiger partial charge in [0.05, 0.1) is 0 Å². The Morgan fingerprint density at radius 3 is 3.06 bits per heavy atom. The number of nitrogens with one attached hydrogen (secondary N) is 1. The second kappa shape index (κ2) is 5.40. The van der Waals surface area contributed by atoms with Crippen molar-refractivity contribution in [2.75, 3.05) is 12.8 Å². The van der Waals surface area contributed by atoms with Gasteiger partial charge in [-0.1, -0.05) is 0 Å². The van der Waals surface area contributed by atoms with Crippen LogP contribution in [0.3, 0.4) is 0 Å². The van der Waals surface area contributed by atoms with Crippen LogP contribution in [0.5, 0.6) is 0 Å². The minimum atomic E-state index is 0.346. The number of aryl methyl sites for hydroxylation is 1. The molecular formula is C12H22N4S. The molecule has 17 heavy (non-hydrogen) atoms. The van der Waals surface area contributed by atoms with E-state index >= 15 is 0 Å². The molecule has 0 amide bonds. The van der Waals surface area contributed by atoms with E-state index in [2.05, 4.69) is 48.1 Å². The lowest BCUT2D eigenvalue weighted by molar-refractivity contribution is 0.409. The fraction of sp³-hybridized carbons (Fsp3) is 0.833. The summed E-state index contributed by atoms with van der Waals surface area (Å²) < 4.78 is 2.34. The monoisotopic (exact) mass is 254 g/mol. The van der Waals surface area contributed by atoms with E-state index in [1.54, 1.807) is 6.33 Å². The molecule has 0 spiro atoms. The van der Waals surface area contributed by atoms with E-state index < -0.39 is 0 Å². The average molecular weight is 254 g/mol. The summed E-state index contributed by atoms with van der Waals surface area (Å²) in [5, 5.41) is 7.71. The highest BCUT2D eigenvalue weighted by molar-refractivity contribution is 8.00. The molecule has 2 heterocycles. The number of nitrogens with zero attached hydrogens (tertiary/aromatic N) is 3. The summed E-state index contributed by atoms with van der Waals surface area (Å²) in [6.07, 6.45) is 5.26. The molecule has 2 rings (SSSR count). The minimum absolute atomic E-state index is 0.346. The zero-order valence-corrected chi connectivity index (χ0v) is 11.8. The zero-order valence-electron chi connectivity index (χ0n) is 10.9. The smallest absolute Gasteiger partial charge is 0.138 e. The van der Waals surface area contributed by atoms with Gasteiger partial charge in [0.15, 0.2) is 0 Å². The first kappa shape index (κ1) is 12.9. The van der Waals surface area contributed by atoms with Gasteiger partial charge in [-0.05, 0) is 39.5 Å². The molecule has 2 atom stereocenters. The molecule has 96 valence electrons. The summed E-state index contributed by atoms with van der Waals surface area (Å²) in [7, 11) is 2.06. The third-order valence-electron chi connectivity index (χ3n) is 3.72. The van der Waals surface area contributed by atoms with Gasteiger partial charge in [0.2, 0.25) is 0 Å². The van der Waals surface area contributed by atoms with Crippen molar-refractivity contribution in [2.24, 2.45) is 0 Å². The molecule has 0 aliphatic carbocycles. The van der Waals surface area contributed by atoms with Crippen LogP contribution in [-0.2, 0) is 13.0 Å². The molecule has 0 bridgehead atoms. The van der Waals surface area contributed by atoms with E-state index in [-0.39, 0.29) is 0 Å². The Labute approximate surface area is 108 Å². The third-order valence-corrected chi connectivity index (χ3v) is 5.36. The molecule has 1 fully saturated rings. The van der Waals surface area contributed by atoms with Crippen molar-refractivity contribution in [3.05, 3.63) is 12.2 Å². The normalized spacial score (nSPS) is 26.3. The van der Waals surface area contributed by atoms with E-state index in [9.17, 15) is 0 Å². The summed E-state index contributed by atoms with van der Waals surface area (Å²) in [6.45, 7) is 5.38. The van der Waals surface area contributed by atoms with Crippen molar-refractivity contribution in [3.63, 3.8) is 0 Å². The molecule has 1 aliphatic heterocycles. The van der Waals surface area contributed by atoms with Gasteiger partial charge < -0.3 is 5.32 Å². The molecular weight excluding hydrogens is 232 g/mol. The molecule has 4 nitrogen and oxygen atoms in total. The fourth-order valence-corrected chi connectivity index (χ4v) is 4.04. The molecule has 1 aromatic heterocycles. The summed E-state index contributed by atoms with van der Waals surface area (Å²) >= 11 is 2.09. The minimum Gasteiger partial charge on any atom is -0.315 e. The van der Waals surface area contributed by atoms with Crippen LogP contribution in [0.1, 0.15) is 32.5 Å². The van der Waals surface area contributed by atoms with Crippen LogP contribution in [0.4, 0.5) is 0 Å². The summed E-state index contributed by atoms with van der Waals surface area (Å²) in [5.74, 6) is 2.38. The SMILES string of the molecule is CCn1ncnc1CC(NC)C1(C)CCCS1. The number of thioether (sulfide) groups is 1. The first-order valence-electron chi connectivity index (χ1n) is 6.37. The quantitative estimate of drug-likeness (QED) is 0.869. The van der Waals surface area contributed by atoms with Crippen LogP contribution < -0.4 is 5.32 Å². The lowest BCUT2D eigenvalue weighted by Gasteiger charge is -2.32. The molecule has 0 radical (unpaired) electrons. The van der Waals surface area contributed by atoms with E-state index in [1.807, 2.05) is 4.68 Å². The van der Waals surface area contributed by atoms with Crippen molar-refractivity contribution in [1.29, 1.82) is 0 Å². The molecule has 2 unspecified atom stereocenters. The molecule has 1 aromatic rings. The first-order chi connectivity index (χ1) is 8.19. The standard InChI is InChI=1S/C12H22N4S/c1-4-16-11(14-9-15-16)8-10(13-3)12(2)6-5-7-17-12/h9-10,13H,4-8H2,1-3H3. The van der Waals surface area contributed by atoms with Crippen molar-refractivity contribution in [2.45, 2.75) is 50.4 Å². The Morgan fingerprint density at radius 1 is 1.65 bits per heavy atom. The summed E-state index contributed by atoms with van der Waals surface area (Å²) in [6, 6.07) is 0.476. The molecule has 5 heteroatoms. The van der Waals surface area contributed by atoms with Crippen molar-refractivity contribution in [1.82, 2.24) is 20.1 Å². The van der Waals surface area contributed by atoms with Crippen molar-refractivity contribution in [3.8, 4) is 0 Å². The van der Waals surface area contributed by atoms with Crippen molar-refractivity contribution < 1.29 is 0 Å². The molecule has 1 N–H and O–H groups in total. The highest BCUT2D eigenvalue weighted by Crippen LogP contribution is 2.41. The van der Waals surface area contributed by atoms with E-state index in [0.29, 0.717) is 10.8 Å².